The zero-order valence-corrected chi connectivity index (χ0v) is 8.30. The molecule has 66 valence electrons. The van der Waals surface area contributed by atoms with Crippen LogP contribution in [0.5, 0.6) is 0 Å². The quantitative estimate of drug-likeness (QED) is 0.552. The summed E-state index contributed by atoms with van der Waals surface area (Å²) in [6.07, 6.45) is 9.63. The van der Waals surface area contributed by atoms with Crippen molar-refractivity contribution in [3.63, 3.8) is 0 Å². The summed E-state index contributed by atoms with van der Waals surface area (Å²) >= 11 is 0. The van der Waals surface area contributed by atoms with Gasteiger partial charge < -0.3 is 0 Å². The molecule has 0 amide bonds. The normalized spacial score (nSPS) is 13.4. The molecule has 0 N–H and O–H groups in total. The molecule has 0 nitrogen and oxygen atoms in total. The van der Waals surface area contributed by atoms with E-state index in [0.29, 0.717) is 0 Å². The first-order valence-corrected chi connectivity index (χ1v) is 4.14. The van der Waals surface area contributed by atoms with Crippen LogP contribution in [0, 0.1) is 5.41 Å². The highest BCUT2D eigenvalue weighted by Gasteiger charge is 2.12. The molecule has 0 heteroatoms. The summed E-state index contributed by atoms with van der Waals surface area (Å²) in [7, 11) is 0. The van der Waals surface area contributed by atoms with Gasteiger partial charge in [0.2, 0.25) is 0 Å². The average molecular weight is 162 g/mol. The smallest absolute Gasteiger partial charge is 0.0132 e. The molecule has 0 aliphatic carbocycles. The van der Waals surface area contributed by atoms with Gasteiger partial charge in [0, 0.05) is 0 Å². The van der Waals surface area contributed by atoms with Gasteiger partial charge in [-0.1, -0.05) is 64.3 Å². The van der Waals surface area contributed by atoms with E-state index < -0.39 is 0 Å². The van der Waals surface area contributed by atoms with E-state index in [-0.39, 0.29) is 5.41 Å². The standard InChI is InChI=1S/C12H18/c1-6-8-10-11(9-7-2)12(3,4)5/h6-10H,1-2H2,3-5H3/b10-8-,11-9+. The molecule has 0 aromatic carbocycles. The van der Waals surface area contributed by atoms with Crippen molar-refractivity contribution in [1.82, 2.24) is 0 Å². The Hall–Kier alpha value is -1.04. The van der Waals surface area contributed by atoms with Crippen molar-refractivity contribution in [3.8, 4) is 0 Å². The lowest BCUT2D eigenvalue weighted by molar-refractivity contribution is 0.517. The maximum absolute atomic E-state index is 3.69. The van der Waals surface area contributed by atoms with Crippen LogP contribution in [-0.4, -0.2) is 0 Å². The van der Waals surface area contributed by atoms with Crippen LogP contribution in [0.15, 0.2) is 49.1 Å². The number of allylic oxidation sites excluding steroid dienone is 6. The number of rotatable bonds is 3. The third kappa shape index (κ3) is 3.97. The van der Waals surface area contributed by atoms with Gasteiger partial charge in [-0.25, -0.2) is 0 Å². The van der Waals surface area contributed by atoms with E-state index in [1.807, 2.05) is 18.2 Å². The predicted octanol–water partition coefficient (Wildman–Crippen LogP) is 3.89. The monoisotopic (exact) mass is 162 g/mol. The molecule has 0 fully saturated rings. The molecule has 0 atom stereocenters. The first-order valence-electron chi connectivity index (χ1n) is 4.14. The molecule has 0 radical (unpaired) electrons. The summed E-state index contributed by atoms with van der Waals surface area (Å²) in [5.41, 5.74) is 1.44. The summed E-state index contributed by atoms with van der Waals surface area (Å²) < 4.78 is 0. The van der Waals surface area contributed by atoms with E-state index in [4.69, 9.17) is 0 Å². The minimum absolute atomic E-state index is 0.174. The second-order valence-electron chi connectivity index (χ2n) is 3.70. The molecule has 0 rings (SSSR count). The van der Waals surface area contributed by atoms with Gasteiger partial charge >= 0.3 is 0 Å². The first-order chi connectivity index (χ1) is 5.52. The maximum Gasteiger partial charge on any atom is -0.0132 e. The van der Waals surface area contributed by atoms with Crippen molar-refractivity contribution in [2.45, 2.75) is 20.8 Å². The Kier molecular flexibility index (Phi) is 4.35. The van der Waals surface area contributed by atoms with Gasteiger partial charge in [0.15, 0.2) is 0 Å². The fourth-order valence-corrected chi connectivity index (χ4v) is 0.854. The Balaban J connectivity index is 4.68. The van der Waals surface area contributed by atoms with E-state index in [1.165, 1.54) is 5.57 Å². The third-order valence-corrected chi connectivity index (χ3v) is 1.58. The minimum atomic E-state index is 0.174. The van der Waals surface area contributed by atoms with Gasteiger partial charge in [-0.05, 0) is 11.0 Å². The van der Waals surface area contributed by atoms with Crippen molar-refractivity contribution >= 4 is 0 Å². The Morgan fingerprint density at radius 2 is 1.67 bits per heavy atom. The van der Waals surface area contributed by atoms with Crippen LogP contribution >= 0.6 is 0 Å². The van der Waals surface area contributed by atoms with Crippen molar-refractivity contribution in [1.29, 1.82) is 0 Å². The van der Waals surface area contributed by atoms with E-state index in [9.17, 15) is 0 Å². The molecule has 0 bridgehead atoms. The average Bonchev–Trinajstić information content (AvgIpc) is 1.95. The second-order valence-corrected chi connectivity index (χ2v) is 3.70. The second kappa shape index (κ2) is 4.76. The molecule has 0 aromatic heterocycles. The van der Waals surface area contributed by atoms with Crippen molar-refractivity contribution in [2.75, 3.05) is 0 Å². The molecular formula is C12H18. The third-order valence-electron chi connectivity index (χ3n) is 1.58. The predicted molar refractivity (Wildman–Crippen MR) is 57.1 cm³/mol. The topological polar surface area (TPSA) is 0 Å². The highest BCUT2D eigenvalue weighted by Crippen LogP contribution is 2.26. The minimum Gasteiger partial charge on any atom is -0.0991 e. The van der Waals surface area contributed by atoms with Gasteiger partial charge in [-0.3, -0.25) is 0 Å². The van der Waals surface area contributed by atoms with Gasteiger partial charge in [0.05, 0.1) is 0 Å². The first kappa shape index (κ1) is 11.0. The number of hydrogen-bond donors (Lipinski definition) is 0. The molecule has 0 aliphatic heterocycles. The van der Waals surface area contributed by atoms with Gasteiger partial charge in [-0.2, -0.15) is 0 Å². The highest BCUT2D eigenvalue weighted by molar-refractivity contribution is 5.29. The summed E-state index contributed by atoms with van der Waals surface area (Å²) in [6.45, 7) is 13.8. The summed E-state index contributed by atoms with van der Waals surface area (Å²) in [4.78, 5) is 0. The SMILES string of the molecule is C=C/C=C\C(=C/C=C)C(C)(C)C. The number of hydrogen-bond acceptors (Lipinski definition) is 0. The molecular weight excluding hydrogens is 144 g/mol. The summed E-state index contributed by atoms with van der Waals surface area (Å²) in [6, 6.07) is 0. The Bertz CT molecular complexity index is 209. The molecule has 0 saturated heterocycles. The Labute approximate surface area is 76.0 Å². The lowest BCUT2D eigenvalue weighted by atomic mass is 9.86. The van der Waals surface area contributed by atoms with Crippen molar-refractivity contribution in [3.05, 3.63) is 49.1 Å². The molecule has 0 heterocycles. The lowest BCUT2D eigenvalue weighted by Gasteiger charge is -2.19. The fourth-order valence-electron chi connectivity index (χ4n) is 0.854. The highest BCUT2D eigenvalue weighted by atomic mass is 14.2. The van der Waals surface area contributed by atoms with Crippen LogP contribution in [0.1, 0.15) is 20.8 Å². The van der Waals surface area contributed by atoms with Crippen LogP contribution in [-0.2, 0) is 0 Å². The summed E-state index contributed by atoms with van der Waals surface area (Å²) in [5, 5.41) is 0. The molecule has 0 aromatic rings. The van der Waals surface area contributed by atoms with Gasteiger partial charge in [0.1, 0.15) is 0 Å². The van der Waals surface area contributed by atoms with E-state index in [2.05, 4.69) is 40.0 Å². The Morgan fingerprint density at radius 1 is 1.08 bits per heavy atom. The fraction of sp³-hybridized carbons (Fsp3) is 0.333. The molecule has 0 aliphatic rings. The zero-order chi connectivity index (χ0) is 9.61. The van der Waals surface area contributed by atoms with Crippen LogP contribution in [0.25, 0.3) is 0 Å². The molecule has 12 heavy (non-hydrogen) atoms. The summed E-state index contributed by atoms with van der Waals surface area (Å²) in [5.74, 6) is 0. The van der Waals surface area contributed by atoms with E-state index in [1.54, 1.807) is 6.08 Å². The molecule has 0 spiro atoms. The van der Waals surface area contributed by atoms with Crippen molar-refractivity contribution < 1.29 is 0 Å². The Morgan fingerprint density at radius 3 is 2.00 bits per heavy atom. The zero-order valence-electron chi connectivity index (χ0n) is 8.30. The van der Waals surface area contributed by atoms with Crippen LogP contribution < -0.4 is 0 Å². The van der Waals surface area contributed by atoms with E-state index in [0.717, 1.165) is 0 Å². The molecule has 0 saturated carbocycles. The van der Waals surface area contributed by atoms with E-state index >= 15 is 0 Å². The molecule has 0 unspecified atom stereocenters. The van der Waals surface area contributed by atoms with Crippen LogP contribution in [0.2, 0.25) is 0 Å². The largest absolute Gasteiger partial charge is 0.0991 e. The van der Waals surface area contributed by atoms with Gasteiger partial charge in [-0.15, -0.1) is 0 Å². The van der Waals surface area contributed by atoms with Gasteiger partial charge in [0.25, 0.3) is 0 Å². The van der Waals surface area contributed by atoms with Crippen molar-refractivity contribution in [2.24, 2.45) is 5.41 Å². The van der Waals surface area contributed by atoms with Crippen LogP contribution in [0.3, 0.4) is 0 Å². The lowest BCUT2D eigenvalue weighted by Crippen LogP contribution is -2.06. The maximum atomic E-state index is 3.69. The van der Waals surface area contributed by atoms with Crippen LogP contribution in [0.4, 0.5) is 0 Å².